The molecule has 2 fully saturated rings. The molecule has 1 aromatic rings. The molecule has 1 aliphatic heterocycles. The van der Waals surface area contributed by atoms with E-state index in [2.05, 4.69) is 9.97 Å². The molecular weight excluding hydrogens is 337 g/mol. The molecule has 6 nitrogen and oxygen atoms in total. The van der Waals surface area contributed by atoms with Crippen molar-refractivity contribution < 1.29 is 22.7 Å². The molecule has 1 atom stereocenters. The lowest BCUT2D eigenvalue weighted by Gasteiger charge is -2.35. The second-order valence-corrected chi connectivity index (χ2v) is 7.41. The first kappa shape index (κ1) is 17.8. The molecule has 0 spiro atoms. The molecule has 0 aromatic carbocycles. The third kappa shape index (κ3) is 3.50. The van der Waals surface area contributed by atoms with Crippen LogP contribution in [0, 0.1) is 0 Å². The topological polar surface area (TPSA) is 58.6 Å². The second kappa shape index (κ2) is 5.74. The normalized spacial score (nSPS) is 25.7. The first-order valence-electron chi connectivity index (χ1n) is 8.14. The number of halogens is 3. The summed E-state index contributed by atoms with van der Waals surface area (Å²) >= 11 is 0. The van der Waals surface area contributed by atoms with E-state index in [0.29, 0.717) is 32.1 Å². The smallest absolute Gasteiger partial charge is 0.410 e. The highest BCUT2D eigenvalue weighted by Gasteiger charge is 2.74. The van der Waals surface area contributed by atoms with E-state index in [9.17, 15) is 18.0 Å². The molecule has 0 bridgehead atoms. The number of alkyl halides is 3. The maximum Gasteiger partial charge on any atom is 0.410 e. The number of piperazine rings is 1. The Labute approximate surface area is 144 Å². The first-order valence-corrected chi connectivity index (χ1v) is 8.14. The van der Waals surface area contributed by atoms with Crippen molar-refractivity contribution in [2.24, 2.45) is 0 Å². The van der Waals surface area contributed by atoms with Crippen molar-refractivity contribution in [1.82, 2.24) is 14.9 Å². The highest BCUT2D eigenvalue weighted by molar-refractivity contribution is 5.68. The van der Waals surface area contributed by atoms with Crippen molar-refractivity contribution in [2.75, 3.05) is 31.1 Å². The van der Waals surface area contributed by atoms with Crippen LogP contribution in [-0.4, -0.2) is 58.7 Å². The summed E-state index contributed by atoms with van der Waals surface area (Å²) in [6.07, 6.45) is 1.03. The number of carbonyl (C=O) groups excluding carboxylic acids is 1. The lowest BCUT2D eigenvalue weighted by Crippen LogP contribution is -2.50. The van der Waals surface area contributed by atoms with Crippen molar-refractivity contribution in [3.05, 3.63) is 18.0 Å². The lowest BCUT2D eigenvalue weighted by atomic mass is 10.2. The molecule has 1 saturated carbocycles. The van der Waals surface area contributed by atoms with E-state index in [4.69, 9.17) is 4.74 Å². The van der Waals surface area contributed by atoms with E-state index in [-0.39, 0.29) is 11.7 Å². The van der Waals surface area contributed by atoms with Crippen molar-refractivity contribution >= 4 is 12.0 Å². The zero-order chi connectivity index (χ0) is 18.5. The summed E-state index contributed by atoms with van der Waals surface area (Å²) in [7, 11) is 0. The van der Waals surface area contributed by atoms with E-state index in [1.807, 2.05) is 4.90 Å². The summed E-state index contributed by atoms with van der Waals surface area (Å²) in [5, 5.41) is 0. The number of carbonyl (C=O) groups is 1. The summed E-state index contributed by atoms with van der Waals surface area (Å²) in [6, 6.07) is 0. The molecule has 25 heavy (non-hydrogen) atoms. The van der Waals surface area contributed by atoms with Crippen LogP contribution in [0.5, 0.6) is 0 Å². The van der Waals surface area contributed by atoms with Gasteiger partial charge in [-0.15, -0.1) is 0 Å². The maximum atomic E-state index is 14.0. The molecule has 2 aliphatic rings. The van der Waals surface area contributed by atoms with Gasteiger partial charge in [0.25, 0.3) is 5.92 Å². The minimum Gasteiger partial charge on any atom is -0.444 e. The molecule has 1 aliphatic carbocycles. The molecule has 1 aromatic heterocycles. The van der Waals surface area contributed by atoms with E-state index >= 15 is 0 Å². The predicted molar refractivity (Wildman–Crippen MR) is 84.4 cm³/mol. The third-order valence-electron chi connectivity index (χ3n) is 4.23. The van der Waals surface area contributed by atoms with E-state index in [1.165, 1.54) is 0 Å². The van der Waals surface area contributed by atoms with Gasteiger partial charge in [-0.3, -0.25) is 0 Å². The Morgan fingerprint density at radius 1 is 1.12 bits per heavy atom. The van der Waals surface area contributed by atoms with Crippen LogP contribution in [0.15, 0.2) is 12.4 Å². The Morgan fingerprint density at radius 2 is 1.64 bits per heavy atom. The number of hydrogen-bond acceptors (Lipinski definition) is 5. The summed E-state index contributed by atoms with van der Waals surface area (Å²) in [4.78, 5) is 23.5. The van der Waals surface area contributed by atoms with E-state index < -0.39 is 23.6 Å². The fourth-order valence-corrected chi connectivity index (χ4v) is 2.68. The molecule has 0 radical (unpaired) electrons. The highest BCUT2D eigenvalue weighted by Crippen LogP contribution is 2.62. The average molecular weight is 358 g/mol. The number of anilines is 1. The summed E-state index contributed by atoms with van der Waals surface area (Å²) in [5.74, 6) is -3.00. The Balaban J connectivity index is 1.58. The zero-order valence-corrected chi connectivity index (χ0v) is 14.4. The Hall–Kier alpha value is -2.06. The van der Waals surface area contributed by atoms with Crippen molar-refractivity contribution in [2.45, 2.75) is 44.4 Å². The summed E-state index contributed by atoms with van der Waals surface area (Å²) < 4.78 is 45.4. The fraction of sp³-hybridized carbons (Fsp3) is 0.688. The van der Waals surface area contributed by atoms with Gasteiger partial charge in [-0.1, -0.05) is 0 Å². The van der Waals surface area contributed by atoms with Gasteiger partial charge in [-0.05, 0) is 20.8 Å². The summed E-state index contributed by atoms with van der Waals surface area (Å²) in [6.45, 7) is 7.24. The molecule has 138 valence electrons. The molecular formula is C16H21F3N4O2. The van der Waals surface area contributed by atoms with Gasteiger partial charge in [-0.2, -0.15) is 0 Å². The van der Waals surface area contributed by atoms with Crippen LogP contribution in [0.4, 0.5) is 23.9 Å². The minimum atomic E-state index is -3.34. The number of amides is 1. The number of ether oxygens (including phenoxy) is 1. The first-order chi connectivity index (χ1) is 11.5. The Kier molecular flexibility index (Phi) is 4.08. The van der Waals surface area contributed by atoms with Crippen LogP contribution in [0.1, 0.15) is 32.8 Å². The van der Waals surface area contributed by atoms with Crippen LogP contribution in [-0.2, 0) is 10.4 Å². The van der Waals surface area contributed by atoms with Crippen LogP contribution in [0.3, 0.4) is 0 Å². The van der Waals surface area contributed by atoms with Crippen molar-refractivity contribution in [1.29, 1.82) is 0 Å². The average Bonchev–Trinajstić information content (AvgIpc) is 3.05. The van der Waals surface area contributed by atoms with Gasteiger partial charge in [-0.25, -0.2) is 27.9 Å². The molecule has 2 heterocycles. The molecule has 1 unspecified atom stereocenters. The molecule has 9 heteroatoms. The Morgan fingerprint density at radius 3 is 2.08 bits per heavy atom. The van der Waals surface area contributed by atoms with Gasteiger partial charge in [0, 0.05) is 44.1 Å². The lowest BCUT2D eigenvalue weighted by molar-refractivity contribution is 0.0240. The largest absolute Gasteiger partial charge is 0.444 e. The SMILES string of the molecule is CC(C)(C)OC(=O)N1CCN(c2ncc(C3(F)CC3(F)F)cn2)CC1. The highest BCUT2D eigenvalue weighted by atomic mass is 19.3. The van der Waals surface area contributed by atoms with Crippen molar-refractivity contribution in [3.63, 3.8) is 0 Å². The second-order valence-electron chi connectivity index (χ2n) is 7.41. The summed E-state index contributed by atoms with van der Waals surface area (Å²) in [5.41, 5.74) is -3.39. The zero-order valence-electron chi connectivity index (χ0n) is 14.4. The quantitative estimate of drug-likeness (QED) is 0.814. The van der Waals surface area contributed by atoms with Gasteiger partial charge in [0.1, 0.15) is 5.60 Å². The predicted octanol–water partition coefficient (Wildman–Crippen LogP) is 2.74. The third-order valence-corrected chi connectivity index (χ3v) is 4.23. The molecule has 3 rings (SSSR count). The number of rotatable bonds is 2. The monoisotopic (exact) mass is 358 g/mol. The molecule has 1 amide bonds. The minimum absolute atomic E-state index is 0.200. The van der Waals surface area contributed by atoms with E-state index in [1.54, 1.807) is 25.7 Å². The fourth-order valence-electron chi connectivity index (χ4n) is 2.68. The van der Waals surface area contributed by atoms with Gasteiger partial charge in [0.2, 0.25) is 11.6 Å². The standard InChI is InChI=1S/C16H21F3N4O2/c1-14(2,3)25-13(24)23-6-4-22(5-7-23)12-20-8-11(9-21-12)15(17)10-16(15,18)19/h8-9H,4-7,10H2,1-3H3. The van der Waals surface area contributed by atoms with Gasteiger partial charge in [0.15, 0.2) is 0 Å². The molecule has 1 saturated heterocycles. The number of aromatic nitrogens is 2. The Bertz CT molecular complexity index is 654. The van der Waals surface area contributed by atoms with Gasteiger partial charge in [0.05, 0.1) is 6.42 Å². The maximum absolute atomic E-state index is 14.0. The van der Waals surface area contributed by atoms with Crippen LogP contribution in [0.2, 0.25) is 0 Å². The number of nitrogens with zero attached hydrogens (tertiary/aromatic N) is 4. The molecule has 0 N–H and O–H groups in total. The van der Waals surface area contributed by atoms with Gasteiger partial charge < -0.3 is 14.5 Å². The van der Waals surface area contributed by atoms with Gasteiger partial charge >= 0.3 is 6.09 Å². The van der Waals surface area contributed by atoms with E-state index in [0.717, 1.165) is 12.4 Å². The van der Waals surface area contributed by atoms with Crippen LogP contribution < -0.4 is 4.90 Å². The van der Waals surface area contributed by atoms with Crippen LogP contribution >= 0.6 is 0 Å². The number of hydrogen-bond donors (Lipinski definition) is 0. The van der Waals surface area contributed by atoms with Crippen LogP contribution in [0.25, 0.3) is 0 Å². The van der Waals surface area contributed by atoms with Crippen molar-refractivity contribution in [3.8, 4) is 0 Å².